The van der Waals surface area contributed by atoms with E-state index in [1.54, 1.807) is 6.08 Å². The third-order valence-electron chi connectivity index (χ3n) is 9.28. The van der Waals surface area contributed by atoms with Crippen molar-refractivity contribution in [2.45, 2.75) is 199 Å². The predicted octanol–water partition coefficient (Wildman–Crippen LogP) is 13.8. The van der Waals surface area contributed by atoms with Crippen molar-refractivity contribution in [1.29, 1.82) is 0 Å². The maximum Gasteiger partial charge on any atom is 0.220 e. The number of allylic oxidation sites excluding steroid dienone is 15. The Morgan fingerprint density at radius 3 is 1.32 bits per heavy atom. The zero-order valence-corrected chi connectivity index (χ0v) is 34.5. The molecule has 2 atom stereocenters. The van der Waals surface area contributed by atoms with Gasteiger partial charge in [-0.05, 0) is 89.9 Å². The van der Waals surface area contributed by atoms with Gasteiger partial charge in [0.1, 0.15) is 0 Å². The van der Waals surface area contributed by atoms with E-state index in [4.69, 9.17) is 0 Å². The first-order valence-corrected chi connectivity index (χ1v) is 22.0. The zero-order valence-electron chi connectivity index (χ0n) is 34.5. The number of aliphatic hydroxyl groups is 2. The summed E-state index contributed by atoms with van der Waals surface area (Å²) < 4.78 is 0. The maximum absolute atomic E-state index is 12.4. The van der Waals surface area contributed by atoms with Crippen LogP contribution in [0.3, 0.4) is 0 Å². The van der Waals surface area contributed by atoms with Crippen LogP contribution in [0.15, 0.2) is 97.2 Å². The van der Waals surface area contributed by atoms with Crippen molar-refractivity contribution in [3.05, 3.63) is 97.2 Å². The molecule has 0 saturated carbocycles. The van der Waals surface area contributed by atoms with Gasteiger partial charge in [-0.15, -0.1) is 0 Å². The Morgan fingerprint density at radius 2 is 0.849 bits per heavy atom. The van der Waals surface area contributed by atoms with Crippen LogP contribution in [0.1, 0.15) is 187 Å². The van der Waals surface area contributed by atoms with Gasteiger partial charge in [-0.3, -0.25) is 4.79 Å². The van der Waals surface area contributed by atoms with Crippen LogP contribution in [0.25, 0.3) is 0 Å². The lowest BCUT2D eigenvalue weighted by Gasteiger charge is -2.19. The summed E-state index contributed by atoms with van der Waals surface area (Å²) in [5.74, 6) is -0.113. The van der Waals surface area contributed by atoms with E-state index >= 15 is 0 Å². The molecule has 0 aromatic carbocycles. The Morgan fingerprint density at radius 1 is 0.472 bits per heavy atom. The molecule has 302 valence electrons. The van der Waals surface area contributed by atoms with Gasteiger partial charge in [0.25, 0.3) is 0 Å². The van der Waals surface area contributed by atoms with Crippen LogP contribution in [-0.2, 0) is 4.79 Å². The fourth-order valence-corrected chi connectivity index (χ4v) is 5.94. The monoisotopic (exact) mass is 734 g/mol. The van der Waals surface area contributed by atoms with Crippen LogP contribution in [-0.4, -0.2) is 34.9 Å². The first-order valence-electron chi connectivity index (χ1n) is 22.0. The Hall–Kier alpha value is -2.69. The van der Waals surface area contributed by atoms with E-state index in [0.29, 0.717) is 6.42 Å². The largest absolute Gasteiger partial charge is 0.394 e. The van der Waals surface area contributed by atoms with Gasteiger partial charge in [-0.25, -0.2) is 0 Å². The molecule has 53 heavy (non-hydrogen) atoms. The highest BCUT2D eigenvalue weighted by Crippen LogP contribution is 2.13. The fourth-order valence-electron chi connectivity index (χ4n) is 5.94. The SMILES string of the molecule is CC/C=C\C/C=C\C/C=C\C/C=C\C/C=C\CCCCCC(=O)NC(CO)C(O)/C=C/CC/C=C/CC/C=C/CCCCCCCCCCCCCC. The number of nitrogens with one attached hydrogen (secondary N) is 1. The molecule has 0 fully saturated rings. The fraction of sp³-hybridized carbons (Fsp3) is 0.653. The molecule has 0 spiro atoms. The number of hydrogen-bond acceptors (Lipinski definition) is 3. The molecule has 3 N–H and O–H groups in total. The van der Waals surface area contributed by atoms with E-state index in [0.717, 1.165) is 83.5 Å². The molecule has 0 rings (SSSR count). The summed E-state index contributed by atoms with van der Waals surface area (Å²) in [6.07, 6.45) is 65.1. The van der Waals surface area contributed by atoms with Crippen LogP contribution < -0.4 is 5.32 Å². The van der Waals surface area contributed by atoms with Crippen LogP contribution in [0.4, 0.5) is 0 Å². The van der Waals surface area contributed by atoms with Crippen molar-refractivity contribution < 1.29 is 15.0 Å². The van der Waals surface area contributed by atoms with E-state index < -0.39 is 12.1 Å². The highest BCUT2D eigenvalue weighted by atomic mass is 16.3. The number of unbranched alkanes of at least 4 members (excludes halogenated alkanes) is 17. The quantitative estimate of drug-likeness (QED) is 0.0437. The molecule has 2 unspecified atom stereocenters. The van der Waals surface area contributed by atoms with Crippen LogP contribution >= 0.6 is 0 Å². The number of aliphatic hydroxyl groups excluding tert-OH is 2. The summed E-state index contributed by atoms with van der Waals surface area (Å²) in [7, 11) is 0. The summed E-state index contributed by atoms with van der Waals surface area (Å²) in [5.41, 5.74) is 0. The Balaban J connectivity index is 3.75. The van der Waals surface area contributed by atoms with Gasteiger partial charge in [0, 0.05) is 6.42 Å². The molecular weight excluding hydrogens is 651 g/mol. The third-order valence-corrected chi connectivity index (χ3v) is 9.28. The lowest BCUT2D eigenvalue weighted by atomic mass is 10.0. The number of amides is 1. The van der Waals surface area contributed by atoms with Gasteiger partial charge in [0.2, 0.25) is 5.91 Å². The number of hydrogen-bond donors (Lipinski definition) is 3. The molecule has 4 heteroatoms. The molecular formula is C49H83NO3. The maximum atomic E-state index is 12.4. The number of carbonyl (C=O) groups is 1. The second kappa shape index (κ2) is 43.7. The van der Waals surface area contributed by atoms with Gasteiger partial charge in [-0.2, -0.15) is 0 Å². The molecule has 0 bridgehead atoms. The lowest BCUT2D eigenvalue weighted by Crippen LogP contribution is -2.45. The summed E-state index contributed by atoms with van der Waals surface area (Å²) in [6, 6.07) is -0.669. The van der Waals surface area contributed by atoms with Gasteiger partial charge in [0.15, 0.2) is 0 Å². The molecule has 0 radical (unpaired) electrons. The molecule has 0 saturated heterocycles. The third kappa shape index (κ3) is 40.3. The van der Waals surface area contributed by atoms with E-state index in [9.17, 15) is 15.0 Å². The highest BCUT2D eigenvalue weighted by molar-refractivity contribution is 5.76. The van der Waals surface area contributed by atoms with E-state index in [-0.39, 0.29) is 12.5 Å². The lowest BCUT2D eigenvalue weighted by molar-refractivity contribution is -0.123. The smallest absolute Gasteiger partial charge is 0.220 e. The minimum atomic E-state index is -0.890. The Labute approximate surface area is 328 Å². The van der Waals surface area contributed by atoms with E-state index in [1.807, 2.05) is 6.08 Å². The average Bonchev–Trinajstić information content (AvgIpc) is 3.16. The predicted molar refractivity (Wildman–Crippen MR) is 234 cm³/mol. The van der Waals surface area contributed by atoms with Crippen molar-refractivity contribution in [2.75, 3.05) is 6.61 Å². The zero-order chi connectivity index (χ0) is 38.6. The average molecular weight is 734 g/mol. The van der Waals surface area contributed by atoms with Crippen molar-refractivity contribution in [3.63, 3.8) is 0 Å². The summed E-state index contributed by atoms with van der Waals surface area (Å²) in [4.78, 5) is 12.4. The molecule has 0 aromatic heterocycles. The minimum Gasteiger partial charge on any atom is -0.394 e. The number of carbonyl (C=O) groups excluding carboxylic acids is 1. The second-order valence-electron chi connectivity index (χ2n) is 14.4. The van der Waals surface area contributed by atoms with Crippen molar-refractivity contribution >= 4 is 5.91 Å². The molecule has 1 amide bonds. The molecule has 0 heterocycles. The van der Waals surface area contributed by atoms with Gasteiger partial charge in [0.05, 0.1) is 18.8 Å². The van der Waals surface area contributed by atoms with Crippen LogP contribution in [0, 0.1) is 0 Å². The first kappa shape index (κ1) is 50.3. The molecule has 4 nitrogen and oxygen atoms in total. The minimum absolute atomic E-state index is 0.113. The Kier molecular flexibility index (Phi) is 41.5. The summed E-state index contributed by atoms with van der Waals surface area (Å²) in [6.45, 7) is 4.15. The molecule has 0 aliphatic heterocycles. The van der Waals surface area contributed by atoms with Crippen LogP contribution in [0.2, 0.25) is 0 Å². The van der Waals surface area contributed by atoms with Gasteiger partial charge in [-0.1, -0.05) is 188 Å². The molecule has 0 aromatic rings. The van der Waals surface area contributed by atoms with E-state index in [1.165, 1.54) is 83.5 Å². The molecule has 0 aliphatic rings. The van der Waals surface area contributed by atoms with Crippen molar-refractivity contribution in [1.82, 2.24) is 5.32 Å². The Bertz CT molecular complexity index is 1010. The van der Waals surface area contributed by atoms with Crippen LogP contribution in [0.5, 0.6) is 0 Å². The van der Waals surface area contributed by atoms with Crippen molar-refractivity contribution in [2.24, 2.45) is 0 Å². The standard InChI is InChI=1S/C49H83NO3/c1-3-5-7-9-11-13-15-17-19-21-23-24-25-27-28-30-32-34-36-38-40-42-44-48(52)47(46-51)50-49(53)45-43-41-39-37-35-33-31-29-26-22-20-18-16-14-12-10-8-6-4-2/h6,8,12,14,18,20,26-29,33-36,42,44,47-48,51-52H,3-5,7,9-11,13,15-17,19,21-25,30-32,37-41,43,45-46H2,1-2H3,(H,50,53)/b8-6-,14-12-,20-18-,28-27+,29-26-,35-33-,36-34+,44-42+. The van der Waals surface area contributed by atoms with Crippen molar-refractivity contribution in [3.8, 4) is 0 Å². The first-order chi connectivity index (χ1) is 26.2. The van der Waals surface area contributed by atoms with Gasteiger partial charge < -0.3 is 15.5 Å². The summed E-state index contributed by atoms with van der Waals surface area (Å²) in [5, 5.41) is 23.0. The molecule has 0 aliphatic carbocycles. The van der Waals surface area contributed by atoms with Gasteiger partial charge >= 0.3 is 0 Å². The number of rotatable bonds is 38. The second-order valence-corrected chi connectivity index (χ2v) is 14.4. The summed E-state index contributed by atoms with van der Waals surface area (Å²) >= 11 is 0. The normalized spacial score (nSPS) is 14.0. The van der Waals surface area contributed by atoms with E-state index in [2.05, 4.69) is 104 Å². The highest BCUT2D eigenvalue weighted by Gasteiger charge is 2.17. The topological polar surface area (TPSA) is 69.6 Å².